The molecule has 17 heavy (non-hydrogen) atoms. The third-order valence-electron chi connectivity index (χ3n) is 2.47. The molecule has 0 atom stereocenters. The Morgan fingerprint density at radius 2 is 2.29 bits per heavy atom. The van der Waals surface area contributed by atoms with Crippen molar-refractivity contribution >= 4 is 17.3 Å². The summed E-state index contributed by atoms with van der Waals surface area (Å²) >= 11 is 0. The van der Waals surface area contributed by atoms with Gasteiger partial charge in [-0.25, -0.2) is 0 Å². The Morgan fingerprint density at radius 1 is 1.59 bits per heavy atom. The van der Waals surface area contributed by atoms with Crippen molar-refractivity contribution in [2.24, 2.45) is 0 Å². The number of benzene rings is 1. The van der Waals surface area contributed by atoms with E-state index in [2.05, 4.69) is 0 Å². The number of nitrogens with zero attached hydrogens (tertiary/aromatic N) is 2. The van der Waals surface area contributed by atoms with E-state index < -0.39 is 16.4 Å². The van der Waals surface area contributed by atoms with Crippen LogP contribution in [0.2, 0.25) is 0 Å². The van der Waals surface area contributed by atoms with Crippen molar-refractivity contribution in [3.63, 3.8) is 0 Å². The van der Waals surface area contributed by atoms with E-state index in [-0.39, 0.29) is 24.0 Å². The van der Waals surface area contributed by atoms with Gasteiger partial charge < -0.3 is 9.64 Å². The summed E-state index contributed by atoms with van der Waals surface area (Å²) < 4.78 is 18.5. The zero-order valence-electron chi connectivity index (χ0n) is 8.97. The van der Waals surface area contributed by atoms with Crippen LogP contribution in [0, 0.1) is 15.9 Å². The summed E-state index contributed by atoms with van der Waals surface area (Å²) in [6.07, 6.45) is 0. The number of amides is 1. The molecular formula is C10H9FN2O4. The zero-order chi connectivity index (χ0) is 12.6. The molecule has 0 aromatic heterocycles. The van der Waals surface area contributed by atoms with Crippen molar-refractivity contribution in [3.8, 4) is 5.75 Å². The molecule has 1 aliphatic rings. The first-order valence-electron chi connectivity index (χ1n) is 4.89. The number of anilines is 1. The Balaban J connectivity index is 2.56. The van der Waals surface area contributed by atoms with Gasteiger partial charge in [-0.05, 0) is 0 Å². The summed E-state index contributed by atoms with van der Waals surface area (Å²) in [6.45, 7) is 1.87. The Bertz CT molecular complexity index is 503. The van der Waals surface area contributed by atoms with E-state index in [4.69, 9.17) is 4.74 Å². The van der Waals surface area contributed by atoms with Gasteiger partial charge in [0.25, 0.3) is 0 Å². The van der Waals surface area contributed by atoms with Crippen LogP contribution < -0.4 is 9.64 Å². The fourth-order valence-corrected chi connectivity index (χ4v) is 1.69. The molecular weight excluding hydrogens is 231 g/mol. The molecule has 0 saturated heterocycles. The van der Waals surface area contributed by atoms with E-state index in [9.17, 15) is 19.3 Å². The summed E-state index contributed by atoms with van der Waals surface area (Å²) in [4.78, 5) is 22.4. The number of nitro groups is 1. The van der Waals surface area contributed by atoms with Crippen LogP contribution in [-0.2, 0) is 4.79 Å². The first-order chi connectivity index (χ1) is 8.00. The molecule has 1 aromatic rings. The highest BCUT2D eigenvalue weighted by molar-refractivity contribution is 5.94. The molecule has 6 nitrogen and oxygen atoms in total. The van der Waals surface area contributed by atoms with Crippen molar-refractivity contribution < 1.29 is 18.8 Å². The highest BCUT2D eigenvalue weighted by Gasteiger charge is 2.27. The lowest BCUT2D eigenvalue weighted by molar-refractivity contribution is -0.387. The maximum Gasteiger partial charge on any atom is 0.307 e. The molecule has 7 heteroatoms. The average Bonchev–Trinajstić information content (AvgIpc) is 2.26. The van der Waals surface area contributed by atoms with Crippen LogP contribution in [-0.4, -0.2) is 24.0 Å². The molecule has 1 heterocycles. The van der Waals surface area contributed by atoms with Gasteiger partial charge in [-0.3, -0.25) is 14.9 Å². The third-order valence-corrected chi connectivity index (χ3v) is 2.47. The van der Waals surface area contributed by atoms with E-state index in [0.29, 0.717) is 6.54 Å². The van der Waals surface area contributed by atoms with Crippen molar-refractivity contribution in [3.05, 3.63) is 28.1 Å². The smallest absolute Gasteiger partial charge is 0.307 e. The summed E-state index contributed by atoms with van der Waals surface area (Å²) in [5.41, 5.74) is -0.433. The maximum absolute atomic E-state index is 13.3. The molecule has 0 saturated carbocycles. The first-order valence-corrected chi connectivity index (χ1v) is 4.89. The van der Waals surface area contributed by atoms with Crippen LogP contribution in [0.3, 0.4) is 0 Å². The van der Waals surface area contributed by atoms with E-state index in [1.807, 2.05) is 0 Å². The van der Waals surface area contributed by atoms with Crippen LogP contribution in [0.25, 0.3) is 0 Å². The third kappa shape index (κ3) is 1.91. The lowest BCUT2D eigenvalue weighted by Gasteiger charge is -2.28. The van der Waals surface area contributed by atoms with Gasteiger partial charge in [0.2, 0.25) is 11.7 Å². The van der Waals surface area contributed by atoms with Gasteiger partial charge in [-0.2, -0.15) is 4.39 Å². The van der Waals surface area contributed by atoms with Crippen LogP contribution in [0.15, 0.2) is 12.1 Å². The van der Waals surface area contributed by atoms with Gasteiger partial charge in [0.05, 0.1) is 17.2 Å². The summed E-state index contributed by atoms with van der Waals surface area (Å²) in [5, 5.41) is 10.6. The molecule has 1 aromatic carbocycles. The number of ether oxygens (including phenoxy) is 1. The van der Waals surface area contributed by atoms with E-state index in [1.54, 1.807) is 0 Å². The predicted octanol–water partition coefficient (Wildman–Crippen LogP) is 1.48. The van der Waals surface area contributed by atoms with Gasteiger partial charge in [0.1, 0.15) is 12.4 Å². The number of nitro benzene ring substituents is 1. The van der Waals surface area contributed by atoms with E-state index in [0.717, 1.165) is 12.1 Å². The molecule has 0 unspecified atom stereocenters. The number of halogens is 1. The Kier molecular flexibility index (Phi) is 2.66. The van der Waals surface area contributed by atoms with Gasteiger partial charge in [0.15, 0.2) is 0 Å². The van der Waals surface area contributed by atoms with Crippen LogP contribution >= 0.6 is 0 Å². The lowest BCUT2D eigenvalue weighted by Crippen LogP contribution is -2.36. The molecule has 90 valence electrons. The Labute approximate surface area is 95.7 Å². The molecule has 2 rings (SSSR count). The van der Waals surface area contributed by atoms with Crippen molar-refractivity contribution in [1.29, 1.82) is 0 Å². The summed E-state index contributed by atoms with van der Waals surface area (Å²) in [7, 11) is 0. The number of hydrogen-bond acceptors (Lipinski definition) is 4. The van der Waals surface area contributed by atoms with Crippen LogP contribution in [0.5, 0.6) is 5.75 Å². The minimum absolute atomic E-state index is 0.148. The van der Waals surface area contributed by atoms with Crippen molar-refractivity contribution in [1.82, 2.24) is 0 Å². The Hall–Kier alpha value is -2.18. The molecule has 0 N–H and O–H groups in total. The van der Waals surface area contributed by atoms with Gasteiger partial charge in [-0.1, -0.05) is 0 Å². The predicted molar refractivity (Wildman–Crippen MR) is 56.6 cm³/mol. The minimum atomic E-state index is -0.973. The van der Waals surface area contributed by atoms with E-state index in [1.165, 1.54) is 11.8 Å². The molecule has 1 amide bonds. The van der Waals surface area contributed by atoms with Gasteiger partial charge >= 0.3 is 5.69 Å². The molecule has 0 aliphatic carbocycles. The van der Waals surface area contributed by atoms with Crippen LogP contribution in [0.1, 0.15) is 6.92 Å². The highest BCUT2D eigenvalue weighted by atomic mass is 19.1. The van der Waals surface area contributed by atoms with E-state index >= 15 is 0 Å². The SMILES string of the molecule is CC(=O)N1CCOc2cc(F)c([N+](=O)[O-])cc21. The second-order valence-corrected chi connectivity index (χ2v) is 3.55. The fourth-order valence-electron chi connectivity index (χ4n) is 1.69. The minimum Gasteiger partial charge on any atom is -0.489 e. The second kappa shape index (κ2) is 4.00. The topological polar surface area (TPSA) is 72.7 Å². The Morgan fingerprint density at radius 3 is 2.88 bits per heavy atom. The summed E-state index contributed by atoms with van der Waals surface area (Å²) in [6, 6.07) is 1.95. The average molecular weight is 240 g/mol. The number of carbonyl (C=O) groups is 1. The zero-order valence-corrected chi connectivity index (χ0v) is 8.97. The standard InChI is InChI=1S/C10H9FN2O4/c1-6(14)12-2-3-17-10-4-7(11)8(13(15)16)5-9(10)12/h4-5H,2-3H2,1H3. The highest BCUT2D eigenvalue weighted by Crippen LogP contribution is 2.36. The van der Waals surface area contributed by atoms with Gasteiger partial charge in [-0.15, -0.1) is 0 Å². The van der Waals surface area contributed by atoms with Crippen molar-refractivity contribution in [2.45, 2.75) is 6.92 Å². The number of fused-ring (bicyclic) bond motifs is 1. The van der Waals surface area contributed by atoms with Crippen LogP contribution in [0.4, 0.5) is 15.8 Å². The van der Waals surface area contributed by atoms with Crippen molar-refractivity contribution in [2.75, 3.05) is 18.1 Å². The molecule has 1 aliphatic heterocycles. The monoisotopic (exact) mass is 240 g/mol. The fraction of sp³-hybridized carbons (Fsp3) is 0.300. The number of hydrogen-bond donors (Lipinski definition) is 0. The summed E-state index contributed by atoms with van der Waals surface area (Å²) in [5.74, 6) is -1.09. The lowest BCUT2D eigenvalue weighted by atomic mass is 10.2. The number of rotatable bonds is 1. The second-order valence-electron chi connectivity index (χ2n) is 3.55. The maximum atomic E-state index is 13.3. The van der Waals surface area contributed by atoms with Gasteiger partial charge in [0, 0.05) is 19.1 Å². The largest absolute Gasteiger partial charge is 0.489 e. The first kappa shape index (κ1) is 11.3. The quantitative estimate of drug-likeness (QED) is 0.550. The molecule has 0 radical (unpaired) electrons. The molecule has 0 fully saturated rings. The normalized spacial score (nSPS) is 13.9. The number of carbonyl (C=O) groups excluding carboxylic acids is 1. The molecule has 0 bridgehead atoms. The molecule has 0 spiro atoms.